The smallest absolute Gasteiger partial charge is 0.257 e. The predicted molar refractivity (Wildman–Crippen MR) is 160 cm³/mol. The molecule has 218 valence electrons. The molecule has 5 rings (SSSR count). The second-order valence-corrected chi connectivity index (χ2v) is 10.7. The van der Waals surface area contributed by atoms with Crippen molar-refractivity contribution in [1.82, 2.24) is 10.2 Å². The average Bonchev–Trinajstić information content (AvgIpc) is 2.97. The van der Waals surface area contributed by atoms with Gasteiger partial charge in [0.2, 0.25) is 0 Å². The van der Waals surface area contributed by atoms with Gasteiger partial charge >= 0.3 is 0 Å². The van der Waals surface area contributed by atoms with E-state index in [1.165, 1.54) is 0 Å². The number of hydrogen-bond acceptors (Lipinski definition) is 6. The summed E-state index contributed by atoms with van der Waals surface area (Å²) in [6.45, 7) is 7.01. The fourth-order valence-electron chi connectivity index (χ4n) is 5.79. The molecule has 2 aliphatic carbocycles. The number of rotatable bonds is 7. The van der Waals surface area contributed by atoms with Crippen LogP contribution < -0.4 is 14.8 Å². The zero-order chi connectivity index (χ0) is 29.5. The molecule has 0 aromatic heterocycles. The van der Waals surface area contributed by atoms with Gasteiger partial charge in [-0.05, 0) is 75.8 Å². The Bertz CT molecular complexity index is 1310. The van der Waals surface area contributed by atoms with Gasteiger partial charge in [-0.25, -0.2) is 0 Å². The Morgan fingerprint density at radius 2 is 1.56 bits per heavy atom. The van der Waals surface area contributed by atoms with Crippen molar-refractivity contribution in [3.05, 3.63) is 81.2 Å². The van der Waals surface area contributed by atoms with Gasteiger partial charge in [0.15, 0.2) is 29.7 Å². The van der Waals surface area contributed by atoms with Gasteiger partial charge in [-0.15, -0.1) is 0 Å². The van der Waals surface area contributed by atoms with Crippen LogP contribution in [0, 0.1) is 6.92 Å². The quantitative estimate of drug-likeness (QED) is 0.415. The lowest BCUT2D eigenvalue weighted by Gasteiger charge is -2.43. The summed E-state index contributed by atoms with van der Waals surface area (Å²) >= 11 is 5.71. The number of ether oxygens (including phenoxy) is 2. The first-order valence-electron chi connectivity index (χ1n) is 14.4. The van der Waals surface area contributed by atoms with E-state index in [1.54, 1.807) is 13.1 Å². The number of carbonyl (C=O) groups excluding carboxylic acids is 3. The summed E-state index contributed by atoms with van der Waals surface area (Å²) in [6.07, 6.45) is 4.40. The molecule has 2 aromatic rings. The first-order valence-corrected chi connectivity index (χ1v) is 14.8. The fourth-order valence-corrected chi connectivity index (χ4v) is 5.93. The number of amides is 1. The summed E-state index contributed by atoms with van der Waals surface area (Å²) in [4.78, 5) is 40.3. The Morgan fingerprint density at radius 1 is 0.927 bits per heavy atom. The summed E-state index contributed by atoms with van der Waals surface area (Å²) in [6, 6.07) is 13.3. The fraction of sp³-hybridized carbons (Fsp3) is 0.424. The van der Waals surface area contributed by atoms with Crippen LogP contribution >= 0.6 is 11.6 Å². The molecule has 1 heterocycles. The Kier molecular flexibility index (Phi) is 10.3. The normalized spacial score (nSPS) is 17.0. The van der Waals surface area contributed by atoms with E-state index in [0.29, 0.717) is 30.9 Å². The average molecular weight is 579 g/mol. The number of halogens is 1. The Balaban J connectivity index is 0.000000417. The van der Waals surface area contributed by atoms with E-state index in [4.69, 9.17) is 21.1 Å². The van der Waals surface area contributed by atoms with Crippen LogP contribution in [0.2, 0.25) is 5.02 Å². The number of carbonyl (C=O) groups is 3. The summed E-state index contributed by atoms with van der Waals surface area (Å²) in [5, 5.41) is 3.38. The van der Waals surface area contributed by atoms with Crippen LogP contribution in [-0.2, 0) is 14.4 Å². The van der Waals surface area contributed by atoms with E-state index in [0.717, 1.165) is 70.9 Å². The maximum absolute atomic E-state index is 13.2. The number of ketones is 2. The van der Waals surface area contributed by atoms with Crippen molar-refractivity contribution >= 4 is 29.1 Å². The van der Waals surface area contributed by atoms with E-state index >= 15 is 0 Å². The molecule has 1 aliphatic heterocycles. The van der Waals surface area contributed by atoms with Crippen LogP contribution in [0.3, 0.4) is 0 Å². The maximum Gasteiger partial charge on any atom is 0.257 e. The van der Waals surface area contributed by atoms with Gasteiger partial charge in [-0.2, -0.15) is 0 Å². The third-order valence-corrected chi connectivity index (χ3v) is 8.14. The number of nitrogens with zero attached hydrogens (tertiary/aromatic N) is 1. The van der Waals surface area contributed by atoms with Crippen molar-refractivity contribution in [3.8, 4) is 11.5 Å². The molecule has 1 amide bonds. The standard InChI is InChI=1S/C26H32N2O5.C7H7Cl/c1-4-28-17-8-6-10-19(29)25(17)24(26-18(28)9-7-11-20(26)30)16-12-13-21(22(14-16)32-5-2)33-15-23(31)27-3;1-6-4-2-3-5-7(6)8/h12-14,24H,4-11,15H2,1-3H3,(H,27,31);2-5H,1H3. The molecule has 41 heavy (non-hydrogen) atoms. The molecule has 2 aromatic carbocycles. The number of Topliss-reactive ketones (excluding diaryl/α,β-unsaturated/α-hetero) is 2. The monoisotopic (exact) mass is 578 g/mol. The topological polar surface area (TPSA) is 84.9 Å². The minimum Gasteiger partial charge on any atom is -0.490 e. The second-order valence-electron chi connectivity index (χ2n) is 10.3. The van der Waals surface area contributed by atoms with Crippen LogP contribution in [0.4, 0.5) is 0 Å². The Hall–Kier alpha value is -3.58. The van der Waals surface area contributed by atoms with Crippen LogP contribution in [0.5, 0.6) is 11.5 Å². The summed E-state index contributed by atoms with van der Waals surface area (Å²) in [5.41, 5.74) is 5.66. The highest BCUT2D eigenvalue weighted by Gasteiger charge is 2.43. The van der Waals surface area contributed by atoms with Crippen LogP contribution in [0.1, 0.15) is 69.4 Å². The lowest BCUT2D eigenvalue weighted by molar-refractivity contribution is -0.122. The molecule has 0 saturated carbocycles. The van der Waals surface area contributed by atoms with Gasteiger partial charge in [0, 0.05) is 59.9 Å². The minimum atomic E-state index is -0.384. The zero-order valence-electron chi connectivity index (χ0n) is 24.3. The van der Waals surface area contributed by atoms with Crippen molar-refractivity contribution in [1.29, 1.82) is 0 Å². The zero-order valence-corrected chi connectivity index (χ0v) is 25.1. The molecule has 0 fully saturated rings. The van der Waals surface area contributed by atoms with E-state index < -0.39 is 0 Å². The summed E-state index contributed by atoms with van der Waals surface area (Å²) in [5.74, 6) is 0.602. The summed E-state index contributed by atoms with van der Waals surface area (Å²) < 4.78 is 11.5. The van der Waals surface area contributed by atoms with Crippen LogP contribution in [-0.4, -0.2) is 49.2 Å². The van der Waals surface area contributed by atoms with Gasteiger partial charge < -0.3 is 19.7 Å². The Labute approximate surface area is 247 Å². The molecule has 0 atom stereocenters. The molecule has 0 unspecified atom stereocenters. The maximum atomic E-state index is 13.2. The van der Waals surface area contributed by atoms with Gasteiger partial charge in [-0.3, -0.25) is 14.4 Å². The number of allylic oxidation sites excluding steroid dienone is 4. The first kappa shape index (κ1) is 30.4. The van der Waals surface area contributed by atoms with Gasteiger partial charge in [0.25, 0.3) is 5.91 Å². The number of hydrogen-bond donors (Lipinski definition) is 1. The second kappa shape index (κ2) is 13.9. The van der Waals surface area contributed by atoms with E-state index in [-0.39, 0.29) is 30.0 Å². The van der Waals surface area contributed by atoms with Crippen LogP contribution in [0.15, 0.2) is 65.0 Å². The molecular weight excluding hydrogens is 540 g/mol. The third kappa shape index (κ3) is 6.67. The number of benzene rings is 2. The van der Waals surface area contributed by atoms with E-state index in [2.05, 4.69) is 17.1 Å². The first-order chi connectivity index (χ1) is 19.8. The van der Waals surface area contributed by atoms with Gasteiger partial charge in [-0.1, -0.05) is 35.9 Å². The highest BCUT2D eigenvalue weighted by Crippen LogP contribution is 2.49. The van der Waals surface area contributed by atoms with E-state index in [1.807, 2.05) is 50.2 Å². The SMILES string of the molecule is CCOc1cc(C2C3=C(CCCC3=O)N(CC)C3=C2C(=O)CCC3)ccc1OCC(=O)NC.Cc1ccccc1Cl. The molecule has 0 spiro atoms. The molecule has 8 heteroatoms. The van der Waals surface area contributed by atoms with Crippen molar-refractivity contribution in [2.24, 2.45) is 0 Å². The molecule has 1 N–H and O–H groups in total. The molecule has 0 bridgehead atoms. The van der Waals surface area contributed by atoms with Crippen molar-refractivity contribution in [3.63, 3.8) is 0 Å². The largest absolute Gasteiger partial charge is 0.490 e. The number of nitrogens with one attached hydrogen (secondary N) is 1. The Morgan fingerprint density at radius 3 is 2.07 bits per heavy atom. The van der Waals surface area contributed by atoms with Gasteiger partial charge in [0.1, 0.15) is 0 Å². The molecule has 0 saturated heterocycles. The summed E-state index contributed by atoms with van der Waals surface area (Å²) in [7, 11) is 1.56. The highest BCUT2D eigenvalue weighted by molar-refractivity contribution is 6.31. The highest BCUT2D eigenvalue weighted by atomic mass is 35.5. The molecule has 7 nitrogen and oxygen atoms in total. The lowest BCUT2D eigenvalue weighted by atomic mass is 9.71. The predicted octanol–water partition coefficient (Wildman–Crippen LogP) is 6.29. The molecule has 3 aliphatic rings. The lowest BCUT2D eigenvalue weighted by Crippen LogP contribution is -2.39. The number of aryl methyl sites for hydroxylation is 1. The van der Waals surface area contributed by atoms with Crippen molar-refractivity contribution in [2.45, 2.75) is 65.2 Å². The number of likely N-dealkylation sites (N-methyl/N-ethyl adjacent to an activating group) is 1. The van der Waals surface area contributed by atoms with Crippen molar-refractivity contribution < 1.29 is 23.9 Å². The van der Waals surface area contributed by atoms with Crippen molar-refractivity contribution in [2.75, 3.05) is 26.8 Å². The van der Waals surface area contributed by atoms with Gasteiger partial charge in [0.05, 0.1) is 6.61 Å². The minimum absolute atomic E-state index is 0.119. The van der Waals surface area contributed by atoms with Crippen LogP contribution in [0.25, 0.3) is 0 Å². The molecule has 0 radical (unpaired) electrons. The molecular formula is C33H39ClN2O5. The third-order valence-electron chi connectivity index (χ3n) is 7.72. The van der Waals surface area contributed by atoms with E-state index in [9.17, 15) is 14.4 Å².